The van der Waals surface area contributed by atoms with Gasteiger partial charge in [0.1, 0.15) is 0 Å². The van der Waals surface area contributed by atoms with Gasteiger partial charge in [0.05, 0.1) is 18.0 Å². The average molecular weight is 403 g/mol. The van der Waals surface area contributed by atoms with Crippen LogP contribution < -0.4 is 10.2 Å². The van der Waals surface area contributed by atoms with Crippen LogP contribution in [0.5, 0.6) is 0 Å². The molecule has 0 saturated carbocycles. The first-order valence-corrected chi connectivity index (χ1v) is 9.40. The topological polar surface area (TPSA) is 76.4 Å². The molecule has 4 rings (SSSR count). The number of hydrogen-bond donors (Lipinski definition) is 1. The molecular weight excluding hydrogens is 384 g/mol. The van der Waals surface area contributed by atoms with Gasteiger partial charge in [-0.25, -0.2) is 0 Å². The number of benzene rings is 1. The summed E-state index contributed by atoms with van der Waals surface area (Å²) in [6.07, 6.45) is 5.31. The summed E-state index contributed by atoms with van der Waals surface area (Å²) < 4.78 is 0.907. The minimum Gasteiger partial charge on any atom is -0.351 e. The second-order valence-corrected chi connectivity index (χ2v) is 7.96. The quantitative estimate of drug-likeness (QED) is 0.784. The van der Waals surface area contributed by atoms with E-state index in [0.717, 1.165) is 29.4 Å². The highest BCUT2D eigenvalue weighted by atomic mass is 79.9. The van der Waals surface area contributed by atoms with Crippen LogP contribution in [0.2, 0.25) is 0 Å². The van der Waals surface area contributed by atoms with E-state index in [1.807, 2.05) is 29.2 Å². The lowest BCUT2D eigenvalue weighted by atomic mass is 9.94. The first-order chi connectivity index (χ1) is 12.1. The second kappa shape index (κ2) is 6.34. The summed E-state index contributed by atoms with van der Waals surface area (Å²) in [5.41, 5.74) is 0.810. The van der Waals surface area contributed by atoms with E-state index in [0.29, 0.717) is 6.54 Å². The molecule has 3 saturated heterocycles. The summed E-state index contributed by atoms with van der Waals surface area (Å²) in [4.78, 5) is 28.5. The molecule has 1 N–H and O–H groups in total. The zero-order chi connectivity index (χ0) is 17.6. The number of fused-ring (bicyclic) bond motifs is 2. The van der Waals surface area contributed by atoms with E-state index in [9.17, 15) is 14.9 Å². The number of nitrogens with zero attached hydrogens (tertiary/aromatic N) is 3. The third kappa shape index (κ3) is 2.89. The van der Waals surface area contributed by atoms with E-state index < -0.39 is 0 Å². The Kier molecular flexibility index (Phi) is 4.16. The van der Waals surface area contributed by atoms with Crippen molar-refractivity contribution < 1.29 is 9.59 Å². The maximum Gasteiger partial charge on any atom is 0.227 e. The molecule has 130 valence electrons. The Morgan fingerprint density at radius 2 is 2.20 bits per heavy atom. The number of nitrogens with one attached hydrogen (secondary N) is 1. The van der Waals surface area contributed by atoms with Gasteiger partial charge in [-0.15, -0.1) is 0 Å². The number of carbonyl (C=O) groups excluding carboxylic acids is 2. The Hall–Kier alpha value is -2.07. The maximum atomic E-state index is 12.7. The van der Waals surface area contributed by atoms with Crippen molar-refractivity contribution in [3.05, 3.63) is 28.7 Å². The molecule has 4 atom stereocenters. The largest absolute Gasteiger partial charge is 0.351 e. The van der Waals surface area contributed by atoms with E-state index in [4.69, 9.17) is 0 Å². The van der Waals surface area contributed by atoms with Gasteiger partial charge in [-0.3, -0.25) is 9.59 Å². The molecule has 3 fully saturated rings. The average Bonchev–Trinajstić information content (AvgIpc) is 3.26. The molecule has 0 aliphatic carbocycles. The van der Waals surface area contributed by atoms with Gasteiger partial charge in [-0.1, -0.05) is 22.0 Å². The first kappa shape index (κ1) is 16.4. The SMILES string of the molecule is N#CN1C2CCC1C(NC(=O)[C@H]1CC(=O)N(c3cccc(Br)c3)C1)C2. The van der Waals surface area contributed by atoms with E-state index in [-0.39, 0.29) is 42.3 Å². The molecule has 3 aliphatic heterocycles. The summed E-state index contributed by atoms with van der Waals surface area (Å²) in [5, 5.41) is 12.3. The Labute approximate surface area is 154 Å². The van der Waals surface area contributed by atoms with Gasteiger partial charge in [0.2, 0.25) is 11.8 Å². The predicted octanol–water partition coefficient (Wildman–Crippen LogP) is 2.00. The van der Waals surface area contributed by atoms with Crippen molar-refractivity contribution in [1.82, 2.24) is 10.2 Å². The van der Waals surface area contributed by atoms with E-state index >= 15 is 0 Å². The zero-order valence-corrected chi connectivity index (χ0v) is 15.3. The number of anilines is 1. The highest BCUT2D eigenvalue weighted by Crippen LogP contribution is 2.37. The number of hydrogen-bond acceptors (Lipinski definition) is 4. The third-order valence-electron chi connectivity index (χ3n) is 5.60. The smallest absolute Gasteiger partial charge is 0.227 e. The summed E-state index contributed by atoms with van der Waals surface area (Å²) in [7, 11) is 0. The molecule has 3 heterocycles. The van der Waals surface area contributed by atoms with Crippen LogP contribution in [0.3, 0.4) is 0 Å². The van der Waals surface area contributed by atoms with Gasteiger partial charge in [-0.2, -0.15) is 5.26 Å². The molecule has 0 aromatic heterocycles. The summed E-state index contributed by atoms with van der Waals surface area (Å²) >= 11 is 3.41. The Bertz CT molecular complexity index is 762. The third-order valence-corrected chi connectivity index (χ3v) is 6.09. The van der Waals surface area contributed by atoms with Gasteiger partial charge in [-0.05, 0) is 37.5 Å². The lowest BCUT2D eigenvalue weighted by Crippen LogP contribution is -2.46. The standard InChI is InChI=1S/C18H19BrN4O2/c19-12-2-1-3-13(7-12)22-9-11(6-17(22)24)18(25)21-15-8-14-4-5-16(15)23(14)10-20/h1-3,7,11,14-16H,4-6,8-9H2,(H,21,25)/t11-,14?,15?,16?/m0/s1. The zero-order valence-electron chi connectivity index (χ0n) is 13.7. The van der Waals surface area contributed by atoms with Crippen molar-refractivity contribution in [2.45, 2.75) is 43.8 Å². The van der Waals surface area contributed by atoms with Crippen molar-refractivity contribution >= 4 is 33.4 Å². The van der Waals surface area contributed by atoms with Gasteiger partial charge in [0.15, 0.2) is 6.19 Å². The minimum atomic E-state index is -0.332. The van der Waals surface area contributed by atoms with Crippen LogP contribution in [0.25, 0.3) is 0 Å². The molecule has 7 heteroatoms. The maximum absolute atomic E-state index is 12.7. The van der Waals surface area contributed by atoms with Crippen LogP contribution in [0.15, 0.2) is 28.7 Å². The van der Waals surface area contributed by atoms with Crippen molar-refractivity contribution in [3.63, 3.8) is 0 Å². The minimum absolute atomic E-state index is 0.0233. The molecule has 2 bridgehead atoms. The number of nitriles is 1. The number of rotatable bonds is 3. The first-order valence-electron chi connectivity index (χ1n) is 8.61. The van der Waals surface area contributed by atoms with Crippen molar-refractivity contribution in [3.8, 4) is 6.19 Å². The highest BCUT2D eigenvalue weighted by Gasteiger charge is 2.47. The summed E-state index contributed by atoms with van der Waals surface area (Å²) in [6.45, 7) is 0.407. The summed E-state index contributed by atoms with van der Waals surface area (Å²) in [5.74, 6) is -0.424. The van der Waals surface area contributed by atoms with Crippen LogP contribution in [0, 0.1) is 17.4 Å². The van der Waals surface area contributed by atoms with Crippen LogP contribution in [0.1, 0.15) is 25.7 Å². The number of carbonyl (C=O) groups is 2. The lowest BCUT2D eigenvalue weighted by Gasteiger charge is -2.23. The van der Waals surface area contributed by atoms with Gasteiger partial charge >= 0.3 is 0 Å². The fourth-order valence-electron chi connectivity index (χ4n) is 4.38. The van der Waals surface area contributed by atoms with E-state index in [2.05, 4.69) is 27.4 Å². The summed E-state index contributed by atoms with van der Waals surface area (Å²) in [6, 6.07) is 7.97. The molecule has 6 nitrogen and oxygen atoms in total. The molecule has 0 spiro atoms. The number of amides is 2. The van der Waals surface area contributed by atoms with Gasteiger partial charge in [0.25, 0.3) is 0 Å². The molecule has 3 unspecified atom stereocenters. The van der Waals surface area contributed by atoms with Gasteiger partial charge < -0.3 is 15.1 Å². The fraction of sp³-hybridized carbons (Fsp3) is 0.500. The second-order valence-electron chi connectivity index (χ2n) is 7.04. The van der Waals surface area contributed by atoms with Crippen LogP contribution in [0.4, 0.5) is 5.69 Å². The predicted molar refractivity (Wildman–Crippen MR) is 95.4 cm³/mol. The van der Waals surface area contributed by atoms with E-state index in [1.165, 1.54) is 0 Å². The Balaban J connectivity index is 1.41. The van der Waals surface area contributed by atoms with Gasteiger partial charge in [0, 0.05) is 29.2 Å². The Morgan fingerprint density at radius 1 is 1.36 bits per heavy atom. The number of halogens is 1. The highest BCUT2D eigenvalue weighted by molar-refractivity contribution is 9.10. The fourth-order valence-corrected chi connectivity index (χ4v) is 4.76. The van der Waals surface area contributed by atoms with Crippen molar-refractivity contribution in [1.29, 1.82) is 5.26 Å². The molecule has 2 amide bonds. The molecule has 0 radical (unpaired) electrons. The molecule has 1 aromatic carbocycles. The van der Waals surface area contributed by atoms with Crippen LogP contribution in [-0.4, -0.2) is 41.4 Å². The van der Waals surface area contributed by atoms with Crippen LogP contribution >= 0.6 is 15.9 Å². The van der Waals surface area contributed by atoms with E-state index in [1.54, 1.807) is 4.90 Å². The Morgan fingerprint density at radius 3 is 2.92 bits per heavy atom. The monoisotopic (exact) mass is 402 g/mol. The molecule has 3 aliphatic rings. The van der Waals surface area contributed by atoms with Crippen molar-refractivity contribution in [2.24, 2.45) is 5.92 Å². The normalized spacial score (nSPS) is 30.6. The molecule has 1 aromatic rings. The van der Waals surface area contributed by atoms with Crippen molar-refractivity contribution in [2.75, 3.05) is 11.4 Å². The molecule has 25 heavy (non-hydrogen) atoms. The molecular formula is C18H19BrN4O2. The lowest BCUT2D eigenvalue weighted by molar-refractivity contribution is -0.127. The van der Waals surface area contributed by atoms with Crippen LogP contribution in [-0.2, 0) is 9.59 Å².